The van der Waals surface area contributed by atoms with Crippen LogP contribution in [0.1, 0.15) is 111 Å². The first-order valence-electron chi connectivity index (χ1n) is 23.0. The summed E-state index contributed by atoms with van der Waals surface area (Å²) in [5.74, 6) is 1.53. The molecule has 1 radical (unpaired) electrons. The predicted molar refractivity (Wildman–Crippen MR) is 241 cm³/mol. The summed E-state index contributed by atoms with van der Waals surface area (Å²) in [5, 5.41) is 1.80. The van der Waals surface area contributed by atoms with Crippen LogP contribution in [0.15, 0.2) is 108 Å². The smallest absolute Gasteiger partial charge is 0.163 e. The van der Waals surface area contributed by atoms with Crippen LogP contribution < -0.4 is 0 Å². The van der Waals surface area contributed by atoms with Crippen molar-refractivity contribution in [1.82, 2.24) is 24.9 Å². The number of rotatable bonds is 3. The van der Waals surface area contributed by atoms with Crippen molar-refractivity contribution in [2.24, 2.45) is 0 Å². The van der Waals surface area contributed by atoms with Crippen LogP contribution in [0.4, 0.5) is 0 Å². The zero-order valence-corrected chi connectivity index (χ0v) is 38.2. The van der Waals surface area contributed by atoms with Crippen LogP contribution in [-0.4, -0.2) is 24.9 Å². The minimum atomic E-state index is -2.60. The van der Waals surface area contributed by atoms with E-state index >= 15 is 0 Å². The van der Waals surface area contributed by atoms with Gasteiger partial charge >= 0.3 is 0 Å². The maximum absolute atomic E-state index is 8.52. The molecule has 0 bridgehead atoms. The molecule has 0 spiro atoms. The molecule has 1 aliphatic carbocycles. The van der Waals surface area contributed by atoms with Crippen LogP contribution in [-0.2, 0) is 41.8 Å². The first-order chi connectivity index (χ1) is 30.3. The van der Waals surface area contributed by atoms with Gasteiger partial charge in [0.15, 0.2) is 5.82 Å². The van der Waals surface area contributed by atoms with Gasteiger partial charge in [0, 0.05) is 62.5 Å². The Morgan fingerprint density at radius 2 is 1.32 bits per heavy atom. The normalized spacial score (nSPS) is 16.0. The Kier molecular flexibility index (Phi) is 9.20. The van der Waals surface area contributed by atoms with Crippen molar-refractivity contribution in [2.75, 3.05) is 0 Å². The first kappa shape index (κ1) is 35.4. The van der Waals surface area contributed by atoms with E-state index in [1.54, 1.807) is 24.3 Å². The molecule has 9 rings (SSSR count). The van der Waals surface area contributed by atoms with Gasteiger partial charge in [0.05, 0.1) is 5.58 Å². The second kappa shape index (κ2) is 15.6. The van der Waals surface area contributed by atoms with Crippen LogP contribution in [0.3, 0.4) is 0 Å². The number of aromatic nitrogens is 5. The van der Waals surface area contributed by atoms with Gasteiger partial charge in [-0.3, -0.25) is 0 Å². The number of fused-ring (bicyclic) bond motifs is 6. The second-order valence-electron chi connectivity index (χ2n) is 18.5. The quantitative estimate of drug-likeness (QED) is 0.164. The van der Waals surface area contributed by atoms with Gasteiger partial charge < -0.3 is 14.4 Å². The van der Waals surface area contributed by atoms with Crippen molar-refractivity contribution in [2.45, 2.75) is 105 Å². The summed E-state index contributed by atoms with van der Waals surface area (Å²) in [6.07, 6.45) is 3.17. The van der Waals surface area contributed by atoms with Crippen LogP contribution in [0.5, 0.6) is 0 Å². The predicted octanol–water partition coefficient (Wildman–Crippen LogP) is 13.3. The standard InChI is InChI=1S/C36H35N4O.C17H18N.Ir/c1-21-18-23(32-38-33(35(3,4)5)40-34(39-32)36(6,7)8)16-17-24(21)28-19-29(37-20-22(28)2)27-14-11-13-26-25-12-9-10-15-30(25)41-31(26)27;1-16(2)13-9-6-5-8-12(13)15-14(17(16,3)4)10-7-11-18-15;/h9-13,15-20H,1-8H3;5-7,9-11H,1-4H3;/q2*-1;/i1D3,2D3;;. The van der Waals surface area contributed by atoms with Crippen LogP contribution in [0.2, 0.25) is 0 Å². The number of hydrogen-bond acceptors (Lipinski definition) is 6. The molecule has 307 valence electrons. The van der Waals surface area contributed by atoms with E-state index < -0.39 is 13.7 Å². The molecule has 1 aliphatic rings. The van der Waals surface area contributed by atoms with Crippen molar-refractivity contribution < 1.29 is 32.7 Å². The zero-order valence-electron chi connectivity index (χ0n) is 41.8. The molecular formula is C53H53IrN5O-2. The molecular weight excluding hydrogens is 915 g/mol. The largest absolute Gasteiger partial charge is 0.501 e. The van der Waals surface area contributed by atoms with Crippen LogP contribution >= 0.6 is 0 Å². The second-order valence-corrected chi connectivity index (χ2v) is 18.5. The Bertz CT molecular complexity index is 3030. The average molecular weight is 974 g/mol. The van der Waals surface area contributed by atoms with Gasteiger partial charge in [0.1, 0.15) is 17.2 Å². The van der Waals surface area contributed by atoms with Crippen molar-refractivity contribution in [3.05, 3.63) is 149 Å². The Hall–Kier alpha value is -5.36. The summed E-state index contributed by atoms with van der Waals surface area (Å²) in [7, 11) is 0. The van der Waals surface area contributed by atoms with Gasteiger partial charge in [0.2, 0.25) is 0 Å². The Balaban J connectivity index is 0.000000284. The minimum Gasteiger partial charge on any atom is -0.501 e. The molecule has 4 aromatic carbocycles. The summed E-state index contributed by atoms with van der Waals surface area (Å²) in [6, 6.07) is 34.9. The van der Waals surface area contributed by atoms with E-state index in [1.807, 2.05) is 90.2 Å². The summed E-state index contributed by atoms with van der Waals surface area (Å²) in [4.78, 5) is 23.4. The number of pyridine rings is 2. The summed E-state index contributed by atoms with van der Waals surface area (Å²) >= 11 is 0. The van der Waals surface area contributed by atoms with E-state index in [9.17, 15) is 0 Å². The summed E-state index contributed by atoms with van der Waals surface area (Å²) in [6.45, 7) is 16.1. The van der Waals surface area contributed by atoms with E-state index in [4.69, 9.17) is 27.6 Å². The molecule has 0 N–H and O–H groups in total. The van der Waals surface area contributed by atoms with Crippen molar-refractivity contribution >= 4 is 21.9 Å². The Morgan fingerprint density at radius 1 is 0.633 bits per heavy atom. The molecule has 7 heteroatoms. The van der Waals surface area contributed by atoms with E-state index in [0.29, 0.717) is 45.5 Å². The Morgan fingerprint density at radius 3 is 2.03 bits per heavy atom. The zero-order chi connectivity index (χ0) is 47.1. The molecule has 0 saturated carbocycles. The number of furan rings is 1. The average Bonchev–Trinajstić information content (AvgIpc) is 3.63. The molecule has 6 nitrogen and oxygen atoms in total. The van der Waals surface area contributed by atoms with Crippen LogP contribution in [0.25, 0.3) is 67.0 Å². The van der Waals surface area contributed by atoms with Crippen LogP contribution in [0, 0.1) is 25.8 Å². The third kappa shape index (κ3) is 7.52. The van der Waals surface area contributed by atoms with Gasteiger partial charge in [-0.1, -0.05) is 128 Å². The molecule has 0 atom stereocenters. The molecule has 60 heavy (non-hydrogen) atoms. The van der Waals surface area contributed by atoms with Gasteiger partial charge in [-0.15, -0.1) is 53.6 Å². The SMILES string of the molecule is CC1(C)c2ccc[c-]c2-c2ncccc2C1(C)C.[2H]C([2H])([2H])c1cnc(-c2[c-]ccc3c2oc2ccccc23)cc1-c1ccc(-c2nc(C(C)(C)C)nc(C(C)(C)C)n2)cc1C([2H])([2H])[2H].[Ir]. The summed E-state index contributed by atoms with van der Waals surface area (Å²) < 4.78 is 56.7. The van der Waals surface area contributed by atoms with E-state index in [2.05, 4.69) is 68.0 Å². The third-order valence-corrected chi connectivity index (χ3v) is 11.9. The van der Waals surface area contributed by atoms with E-state index in [-0.39, 0.29) is 64.0 Å². The fourth-order valence-electron chi connectivity index (χ4n) is 7.73. The molecule has 0 saturated heterocycles. The van der Waals surface area contributed by atoms with Crippen molar-refractivity contribution in [1.29, 1.82) is 0 Å². The monoisotopic (exact) mass is 974 g/mol. The van der Waals surface area contributed by atoms with E-state index in [0.717, 1.165) is 22.0 Å². The summed E-state index contributed by atoms with van der Waals surface area (Å²) in [5.41, 5.74) is 7.39. The fraction of sp³-hybridized carbons (Fsp3) is 0.302. The number of nitrogens with zero attached hydrogens (tertiary/aromatic N) is 5. The maximum Gasteiger partial charge on any atom is 0.163 e. The first-order valence-corrected chi connectivity index (χ1v) is 20.0. The molecule has 4 heterocycles. The third-order valence-electron chi connectivity index (χ3n) is 11.9. The van der Waals surface area contributed by atoms with Gasteiger partial charge in [-0.25, -0.2) is 15.0 Å². The molecule has 8 aromatic rings. The Labute approximate surface area is 377 Å². The number of para-hydroxylation sites is 1. The van der Waals surface area contributed by atoms with Crippen molar-refractivity contribution in [3.63, 3.8) is 0 Å². The minimum absolute atomic E-state index is 0. The van der Waals surface area contributed by atoms with Gasteiger partial charge in [-0.05, 0) is 76.4 Å². The molecule has 0 unspecified atom stereocenters. The fourth-order valence-corrected chi connectivity index (χ4v) is 7.73. The van der Waals surface area contributed by atoms with Gasteiger partial charge in [-0.2, -0.15) is 0 Å². The maximum atomic E-state index is 8.52. The van der Waals surface area contributed by atoms with Gasteiger partial charge in [0.25, 0.3) is 0 Å². The molecule has 0 aliphatic heterocycles. The topological polar surface area (TPSA) is 77.6 Å². The molecule has 0 fully saturated rings. The number of hydrogen-bond donors (Lipinski definition) is 0. The van der Waals surface area contributed by atoms with E-state index in [1.165, 1.54) is 23.4 Å². The van der Waals surface area contributed by atoms with Crippen molar-refractivity contribution in [3.8, 4) is 45.0 Å². The molecule has 0 amide bonds. The molecule has 4 aromatic heterocycles. The number of benzene rings is 4. The number of aryl methyl sites for hydroxylation is 2.